The minimum Gasteiger partial charge on any atom is -0.313 e. The molecule has 1 nitrogen and oxygen atoms in total. The predicted molar refractivity (Wildman–Crippen MR) is 284 cm³/mol. The molecule has 9 aromatic rings. The Balaban J connectivity index is 1.21. The molecule has 8 aromatic carbocycles. The van der Waals surface area contributed by atoms with Gasteiger partial charge >= 0.3 is 0 Å². The maximum absolute atomic E-state index is 2.65. The van der Waals surface area contributed by atoms with Crippen molar-refractivity contribution < 1.29 is 0 Å². The molecule has 0 atom stereocenters. The highest BCUT2D eigenvalue weighted by molar-refractivity contribution is 7.25. The summed E-state index contributed by atoms with van der Waals surface area (Å²) in [6.07, 6.45) is 0. The molecule has 0 aliphatic carbocycles. The third-order valence-corrected chi connectivity index (χ3v) is 17.3. The van der Waals surface area contributed by atoms with Crippen molar-refractivity contribution in [1.29, 1.82) is 0 Å². The van der Waals surface area contributed by atoms with E-state index in [1.165, 1.54) is 159 Å². The number of fused-ring (bicyclic) bond motifs is 7. The molecule has 0 saturated carbocycles. The number of benzene rings is 8. The van der Waals surface area contributed by atoms with E-state index in [0.717, 1.165) is 0 Å². The average Bonchev–Trinajstić information content (AvgIpc) is 3.68. The Morgan fingerprint density at radius 1 is 0.344 bits per heavy atom. The molecule has 0 radical (unpaired) electrons. The van der Waals surface area contributed by atoms with Gasteiger partial charge in [-0.25, -0.2) is 0 Å². The van der Waals surface area contributed by atoms with Crippen LogP contribution in [0.3, 0.4) is 0 Å². The zero-order valence-electron chi connectivity index (χ0n) is 39.5. The summed E-state index contributed by atoms with van der Waals surface area (Å²) in [5.74, 6) is 0. The Bertz CT molecular complexity index is 3270. The second-order valence-corrected chi connectivity index (χ2v) is 20.4. The molecule has 64 heavy (non-hydrogen) atoms. The molecule has 0 bridgehead atoms. The number of nitrogens with zero attached hydrogens (tertiary/aromatic N) is 1. The van der Waals surface area contributed by atoms with E-state index in [2.05, 4.69) is 203 Å². The molecule has 3 heterocycles. The smallest absolute Gasteiger partial charge is 0.247 e. The number of thiophene rings is 1. The Morgan fingerprint density at radius 2 is 0.766 bits per heavy atom. The minimum atomic E-state index is 0.0561. The highest BCUT2D eigenvalue weighted by atomic mass is 32.1. The van der Waals surface area contributed by atoms with Crippen molar-refractivity contribution in [2.75, 3.05) is 4.90 Å². The van der Waals surface area contributed by atoms with E-state index in [-0.39, 0.29) is 13.4 Å². The normalized spacial score (nSPS) is 12.9. The van der Waals surface area contributed by atoms with Crippen LogP contribution in [0, 0.1) is 83.1 Å². The molecule has 0 fully saturated rings. The lowest BCUT2D eigenvalue weighted by Gasteiger charge is -2.45. The van der Waals surface area contributed by atoms with E-state index < -0.39 is 0 Å². The Morgan fingerprint density at radius 3 is 1.27 bits per heavy atom. The highest BCUT2D eigenvalue weighted by Crippen LogP contribution is 2.41. The molecule has 2 aliphatic rings. The van der Waals surface area contributed by atoms with Crippen molar-refractivity contribution in [3.05, 3.63) is 182 Å². The van der Waals surface area contributed by atoms with Crippen molar-refractivity contribution in [2.24, 2.45) is 0 Å². The van der Waals surface area contributed by atoms with Gasteiger partial charge in [-0.15, -0.1) is 11.3 Å². The number of hydrogen-bond donors (Lipinski definition) is 0. The summed E-state index contributed by atoms with van der Waals surface area (Å²) in [5, 5.41) is 2.67. The SMILES string of the molecule is Cc1ccc2c(c1)B(c1c(C)c(C)c(C)c(C)c1C)c1cc(-c3ccc(-c4ccc5sc6ccccc6c5c4)cc3)cc3c1N2c1ccc(C)cc1B3c1c(C)c(C)c(C)c(C)c1C. The highest BCUT2D eigenvalue weighted by Gasteiger charge is 2.45. The van der Waals surface area contributed by atoms with Crippen molar-refractivity contribution in [3.8, 4) is 22.3 Å². The molecular weight excluding hydrogens is 788 g/mol. The van der Waals surface area contributed by atoms with Gasteiger partial charge in [0.15, 0.2) is 0 Å². The van der Waals surface area contributed by atoms with Crippen molar-refractivity contribution >= 4 is 94.8 Å². The molecule has 4 heteroatoms. The Hall–Kier alpha value is -6.09. The van der Waals surface area contributed by atoms with Crippen LogP contribution in [0.2, 0.25) is 0 Å². The van der Waals surface area contributed by atoms with Gasteiger partial charge < -0.3 is 4.90 Å². The first-order valence-corrected chi connectivity index (χ1v) is 23.9. The van der Waals surface area contributed by atoms with Gasteiger partial charge in [0.25, 0.3) is 0 Å². The number of hydrogen-bond acceptors (Lipinski definition) is 2. The maximum Gasteiger partial charge on any atom is 0.247 e. The van der Waals surface area contributed by atoms with Crippen LogP contribution in [-0.4, -0.2) is 13.4 Å². The van der Waals surface area contributed by atoms with Gasteiger partial charge in [0.1, 0.15) is 0 Å². The topological polar surface area (TPSA) is 3.24 Å². The van der Waals surface area contributed by atoms with Gasteiger partial charge in [0, 0.05) is 37.2 Å². The van der Waals surface area contributed by atoms with Gasteiger partial charge in [-0.3, -0.25) is 0 Å². The minimum absolute atomic E-state index is 0.0561. The second-order valence-electron chi connectivity index (χ2n) is 19.3. The predicted octanol–water partition coefficient (Wildman–Crippen LogP) is 12.2. The largest absolute Gasteiger partial charge is 0.313 e. The molecule has 0 saturated heterocycles. The fourth-order valence-corrected chi connectivity index (χ4v) is 12.9. The first-order chi connectivity index (χ1) is 30.7. The molecule has 1 aromatic heterocycles. The average molecular weight is 844 g/mol. The summed E-state index contributed by atoms with van der Waals surface area (Å²) in [7, 11) is 0. The fraction of sp³-hybridized carbons (Fsp3) is 0.200. The van der Waals surface area contributed by atoms with Crippen LogP contribution in [0.15, 0.2) is 115 Å². The standard InChI is InChI=1S/C60H55B2NS/c1-32-17-24-54-50(27-32)61(58-40(9)36(5)34(3)37(6)41(58)10)52-30-47(45-21-19-44(20-22-45)46-23-26-57-49(29-46)48-15-13-14-16-56(48)64-57)31-53-60(52)63(54)55-25-18-33(2)28-51(55)62(53)59-42(11)38(7)35(4)39(8)43(59)12/h13-31H,1-12H3. The molecule has 312 valence electrons. The summed E-state index contributed by atoms with van der Waals surface area (Å²) in [6, 6.07) is 44.8. The van der Waals surface area contributed by atoms with Crippen molar-refractivity contribution in [3.63, 3.8) is 0 Å². The van der Waals surface area contributed by atoms with Crippen LogP contribution in [-0.2, 0) is 0 Å². The van der Waals surface area contributed by atoms with Crippen LogP contribution >= 0.6 is 11.3 Å². The number of anilines is 3. The van der Waals surface area contributed by atoms with Gasteiger partial charge in [-0.05, 0) is 191 Å². The van der Waals surface area contributed by atoms with Gasteiger partial charge in [-0.2, -0.15) is 0 Å². The summed E-state index contributed by atoms with van der Waals surface area (Å²) in [5.41, 5.74) is 34.0. The van der Waals surface area contributed by atoms with Crippen LogP contribution in [0.25, 0.3) is 42.4 Å². The van der Waals surface area contributed by atoms with Crippen LogP contribution < -0.4 is 37.7 Å². The fourth-order valence-electron chi connectivity index (χ4n) is 11.8. The first-order valence-electron chi connectivity index (χ1n) is 23.1. The van der Waals surface area contributed by atoms with Crippen LogP contribution in [0.1, 0.15) is 66.8 Å². The molecule has 0 N–H and O–H groups in total. The van der Waals surface area contributed by atoms with E-state index in [1.54, 1.807) is 0 Å². The molecule has 0 amide bonds. The monoisotopic (exact) mass is 843 g/mol. The lowest BCUT2D eigenvalue weighted by atomic mass is 9.29. The summed E-state index contributed by atoms with van der Waals surface area (Å²) in [4.78, 5) is 2.65. The number of rotatable bonds is 4. The summed E-state index contributed by atoms with van der Waals surface area (Å²) >= 11 is 1.88. The Labute approximate surface area is 385 Å². The second kappa shape index (κ2) is 14.7. The van der Waals surface area contributed by atoms with E-state index >= 15 is 0 Å². The van der Waals surface area contributed by atoms with E-state index in [1.807, 2.05) is 11.3 Å². The van der Waals surface area contributed by atoms with Gasteiger partial charge in [0.05, 0.1) is 0 Å². The summed E-state index contributed by atoms with van der Waals surface area (Å²) in [6.45, 7) is 28.1. The third kappa shape index (κ3) is 5.84. The molecular formula is C60H55B2NS. The van der Waals surface area contributed by atoms with E-state index in [9.17, 15) is 0 Å². The first kappa shape index (κ1) is 40.7. The van der Waals surface area contributed by atoms with Crippen molar-refractivity contribution in [1.82, 2.24) is 0 Å². The van der Waals surface area contributed by atoms with E-state index in [0.29, 0.717) is 0 Å². The zero-order valence-corrected chi connectivity index (χ0v) is 40.3. The molecule has 0 spiro atoms. The summed E-state index contributed by atoms with van der Waals surface area (Å²) < 4.78 is 2.68. The van der Waals surface area contributed by atoms with Crippen molar-refractivity contribution in [2.45, 2.75) is 83.1 Å². The zero-order chi connectivity index (χ0) is 44.6. The molecule has 11 rings (SSSR count). The Kier molecular flexibility index (Phi) is 9.36. The van der Waals surface area contributed by atoms with Crippen LogP contribution in [0.5, 0.6) is 0 Å². The lowest BCUT2D eigenvalue weighted by molar-refractivity contribution is 1.19. The number of aryl methyl sites for hydroxylation is 2. The quantitative estimate of drug-likeness (QED) is 0.160. The maximum atomic E-state index is 2.65. The third-order valence-electron chi connectivity index (χ3n) is 16.1. The van der Waals surface area contributed by atoms with Gasteiger partial charge in [-0.1, -0.05) is 129 Å². The van der Waals surface area contributed by atoms with E-state index in [4.69, 9.17) is 0 Å². The molecule has 2 aliphatic heterocycles. The molecule has 0 unspecified atom stereocenters. The van der Waals surface area contributed by atoms with Crippen LogP contribution in [0.4, 0.5) is 17.1 Å². The van der Waals surface area contributed by atoms with Gasteiger partial charge in [0.2, 0.25) is 13.4 Å². The lowest BCUT2D eigenvalue weighted by Crippen LogP contribution is -2.66.